The summed E-state index contributed by atoms with van der Waals surface area (Å²) in [6.07, 6.45) is 0. The Balaban J connectivity index is 2.86. The first-order valence-corrected chi connectivity index (χ1v) is 4.77. The van der Waals surface area contributed by atoms with Gasteiger partial charge in [-0.25, -0.2) is 0 Å². The maximum atomic E-state index is 5.30. The van der Waals surface area contributed by atoms with E-state index in [-0.39, 0.29) is 0 Å². The van der Waals surface area contributed by atoms with Crippen LogP contribution in [0.1, 0.15) is 16.8 Å². The van der Waals surface area contributed by atoms with Crippen LogP contribution in [0.2, 0.25) is 0 Å². The Hall–Kier alpha value is -1.44. The summed E-state index contributed by atoms with van der Waals surface area (Å²) in [5.74, 6) is 0.958. The van der Waals surface area contributed by atoms with Crippen LogP contribution in [0, 0.1) is 20.8 Å². The molecule has 0 saturated carbocycles. The van der Waals surface area contributed by atoms with Crippen molar-refractivity contribution in [1.82, 2.24) is 4.98 Å². The highest BCUT2D eigenvalue weighted by molar-refractivity contribution is 5.89. The van der Waals surface area contributed by atoms with Gasteiger partial charge in [0.15, 0.2) is 0 Å². The minimum Gasteiger partial charge on any atom is -0.496 e. The van der Waals surface area contributed by atoms with Crippen molar-refractivity contribution < 1.29 is 4.74 Å². The number of aromatic nitrogens is 1. The van der Waals surface area contributed by atoms with Crippen LogP contribution in [0.5, 0.6) is 5.75 Å². The van der Waals surface area contributed by atoms with Crippen molar-refractivity contribution in [2.24, 2.45) is 0 Å². The molecule has 0 aliphatic rings. The molecule has 14 heavy (non-hydrogen) atoms. The highest BCUT2D eigenvalue weighted by Crippen LogP contribution is 2.30. The summed E-state index contributed by atoms with van der Waals surface area (Å²) in [7, 11) is 1.71. The predicted molar refractivity (Wildman–Crippen MR) is 59.1 cm³/mol. The molecule has 0 amide bonds. The fourth-order valence-electron chi connectivity index (χ4n) is 1.98. The molecule has 1 aromatic carbocycles. The van der Waals surface area contributed by atoms with Gasteiger partial charge in [0.1, 0.15) is 5.75 Å². The van der Waals surface area contributed by atoms with E-state index >= 15 is 0 Å². The number of hydrogen-bond acceptors (Lipinski definition) is 1. The van der Waals surface area contributed by atoms with E-state index in [1.165, 1.54) is 27.7 Å². The third kappa shape index (κ3) is 1.10. The molecule has 0 bridgehead atoms. The number of hydrogen-bond donors (Lipinski definition) is 1. The Bertz CT molecular complexity index is 483. The number of H-pyrrole nitrogens is 1. The lowest BCUT2D eigenvalue weighted by atomic mass is 10.1. The van der Waals surface area contributed by atoms with Gasteiger partial charge in [-0.1, -0.05) is 0 Å². The minimum absolute atomic E-state index is 0.958. The van der Waals surface area contributed by atoms with Crippen LogP contribution in [-0.4, -0.2) is 12.1 Å². The van der Waals surface area contributed by atoms with E-state index in [0.717, 1.165) is 5.75 Å². The standard InChI is InChI=1S/C12H15NO/c1-7-9(3)13-10-5-6-11(14-4)8(2)12(7)10/h5-6,13H,1-4H3. The monoisotopic (exact) mass is 189 g/mol. The van der Waals surface area contributed by atoms with Crippen molar-refractivity contribution >= 4 is 10.9 Å². The van der Waals surface area contributed by atoms with E-state index in [4.69, 9.17) is 4.74 Å². The fraction of sp³-hybridized carbons (Fsp3) is 0.333. The molecular weight excluding hydrogens is 174 g/mol. The zero-order chi connectivity index (χ0) is 10.3. The molecule has 1 N–H and O–H groups in total. The Morgan fingerprint density at radius 3 is 2.43 bits per heavy atom. The topological polar surface area (TPSA) is 25.0 Å². The number of aromatic amines is 1. The molecule has 2 aromatic rings. The van der Waals surface area contributed by atoms with Crippen LogP contribution in [0.25, 0.3) is 10.9 Å². The van der Waals surface area contributed by atoms with Gasteiger partial charge >= 0.3 is 0 Å². The van der Waals surface area contributed by atoms with Crippen LogP contribution in [0.4, 0.5) is 0 Å². The minimum atomic E-state index is 0.958. The number of fused-ring (bicyclic) bond motifs is 1. The summed E-state index contributed by atoms with van der Waals surface area (Å²) < 4.78 is 5.30. The van der Waals surface area contributed by atoms with Crippen molar-refractivity contribution in [3.8, 4) is 5.75 Å². The number of methoxy groups -OCH3 is 1. The molecule has 0 spiro atoms. The van der Waals surface area contributed by atoms with Gasteiger partial charge in [-0.3, -0.25) is 0 Å². The van der Waals surface area contributed by atoms with E-state index in [9.17, 15) is 0 Å². The largest absolute Gasteiger partial charge is 0.496 e. The SMILES string of the molecule is COc1ccc2[nH]c(C)c(C)c2c1C. The first-order chi connectivity index (χ1) is 6.65. The van der Waals surface area contributed by atoms with Gasteiger partial charge in [0.05, 0.1) is 7.11 Å². The summed E-state index contributed by atoms with van der Waals surface area (Å²) in [5, 5.41) is 1.29. The third-order valence-electron chi connectivity index (χ3n) is 2.89. The maximum absolute atomic E-state index is 5.30. The lowest BCUT2D eigenvalue weighted by Gasteiger charge is -2.05. The first kappa shape index (κ1) is 9.13. The van der Waals surface area contributed by atoms with Gasteiger partial charge in [0.2, 0.25) is 0 Å². The van der Waals surface area contributed by atoms with Crippen molar-refractivity contribution in [2.45, 2.75) is 20.8 Å². The van der Waals surface area contributed by atoms with E-state index in [1.54, 1.807) is 7.11 Å². The molecule has 0 unspecified atom stereocenters. The lowest BCUT2D eigenvalue weighted by Crippen LogP contribution is -1.87. The molecule has 0 radical (unpaired) electrons. The maximum Gasteiger partial charge on any atom is 0.122 e. The molecule has 1 heterocycles. The van der Waals surface area contributed by atoms with E-state index < -0.39 is 0 Å². The summed E-state index contributed by atoms with van der Waals surface area (Å²) in [6.45, 7) is 6.34. The lowest BCUT2D eigenvalue weighted by molar-refractivity contribution is 0.412. The van der Waals surface area contributed by atoms with Gasteiger partial charge < -0.3 is 9.72 Å². The molecule has 2 rings (SSSR count). The molecule has 74 valence electrons. The Labute approximate surface area is 83.9 Å². The quantitative estimate of drug-likeness (QED) is 0.732. The summed E-state index contributed by atoms with van der Waals surface area (Å²) in [5.41, 5.74) is 4.96. The average molecular weight is 189 g/mol. The molecule has 0 atom stereocenters. The first-order valence-electron chi connectivity index (χ1n) is 4.77. The van der Waals surface area contributed by atoms with Gasteiger partial charge in [-0.2, -0.15) is 0 Å². The van der Waals surface area contributed by atoms with Crippen LogP contribution < -0.4 is 4.74 Å². The zero-order valence-electron chi connectivity index (χ0n) is 9.06. The van der Waals surface area contributed by atoms with Crippen LogP contribution >= 0.6 is 0 Å². The predicted octanol–water partition coefficient (Wildman–Crippen LogP) is 3.10. The number of aryl methyl sites for hydroxylation is 3. The second-order valence-corrected chi connectivity index (χ2v) is 3.69. The number of benzene rings is 1. The smallest absolute Gasteiger partial charge is 0.122 e. The van der Waals surface area contributed by atoms with Gasteiger partial charge in [-0.15, -0.1) is 0 Å². The highest BCUT2D eigenvalue weighted by Gasteiger charge is 2.09. The molecule has 0 aliphatic heterocycles. The van der Waals surface area contributed by atoms with Gasteiger partial charge in [-0.05, 0) is 38.5 Å². The van der Waals surface area contributed by atoms with Crippen molar-refractivity contribution in [3.05, 3.63) is 29.0 Å². The number of ether oxygens (including phenoxy) is 1. The second kappa shape index (κ2) is 3.05. The number of nitrogens with one attached hydrogen (secondary N) is 1. The second-order valence-electron chi connectivity index (χ2n) is 3.69. The normalized spacial score (nSPS) is 10.9. The average Bonchev–Trinajstić information content (AvgIpc) is 2.44. The van der Waals surface area contributed by atoms with Crippen molar-refractivity contribution in [3.63, 3.8) is 0 Å². The van der Waals surface area contributed by atoms with Gasteiger partial charge in [0.25, 0.3) is 0 Å². The molecule has 2 heteroatoms. The molecule has 0 fully saturated rings. The van der Waals surface area contributed by atoms with Crippen LogP contribution in [0.15, 0.2) is 12.1 Å². The molecule has 2 nitrogen and oxygen atoms in total. The Kier molecular flexibility index (Phi) is 1.99. The van der Waals surface area contributed by atoms with Crippen molar-refractivity contribution in [1.29, 1.82) is 0 Å². The number of rotatable bonds is 1. The van der Waals surface area contributed by atoms with Crippen LogP contribution in [0.3, 0.4) is 0 Å². The van der Waals surface area contributed by atoms with E-state index in [2.05, 4.69) is 31.8 Å². The molecule has 0 aliphatic carbocycles. The summed E-state index contributed by atoms with van der Waals surface area (Å²) >= 11 is 0. The highest BCUT2D eigenvalue weighted by atomic mass is 16.5. The van der Waals surface area contributed by atoms with E-state index in [1.807, 2.05) is 6.07 Å². The fourth-order valence-corrected chi connectivity index (χ4v) is 1.98. The summed E-state index contributed by atoms with van der Waals surface area (Å²) in [4.78, 5) is 3.36. The molecule has 0 saturated heterocycles. The molecular formula is C12H15NO. The summed E-state index contributed by atoms with van der Waals surface area (Å²) in [6, 6.07) is 4.08. The van der Waals surface area contributed by atoms with Crippen molar-refractivity contribution in [2.75, 3.05) is 7.11 Å². The van der Waals surface area contributed by atoms with E-state index in [0.29, 0.717) is 0 Å². The molecule has 1 aromatic heterocycles. The Morgan fingerprint density at radius 1 is 1.07 bits per heavy atom. The zero-order valence-corrected chi connectivity index (χ0v) is 9.06. The third-order valence-corrected chi connectivity index (χ3v) is 2.89. The Morgan fingerprint density at radius 2 is 1.79 bits per heavy atom. The van der Waals surface area contributed by atoms with Gasteiger partial charge in [0, 0.05) is 22.2 Å². The van der Waals surface area contributed by atoms with Crippen LogP contribution in [-0.2, 0) is 0 Å².